The minimum Gasteiger partial charge on any atom is -0.465 e. The first-order valence-electron chi connectivity index (χ1n) is 3.78. The smallest absolute Gasteiger partial charge is 0.339 e. The summed E-state index contributed by atoms with van der Waals surface area (Å²) in [5.74, 6) is -0.336. The molecule has 0 aliphatic carbocycles. The van der Waals surface area contributed by atoms with Crippen LogP contribution in [0, 0.1) is 6.92 Å². The third kappa shape index (κ3) is 2.21. The molecule has 0 amide bonds. The number of ether oxygens (including phenoxy) is 1. The summed E-state index contributed by atoms with van der Waals surface area (Å²) in [7, 11) is 1.37. The number of esters is 1. The van der Waals surface area contributed by atoms with E-state index in [9.17, 15) is 4.79 Å². The summed E-state index contributed by atoms with van der Waals surface area (Å²) in [6.07, 6.45) is 3.49. The van der Waals surface area contributed by atoms with Crippen LogP contribution in [0.4, 0.5) is 0 Å². The van der Waals surface area contributed by atoms with Crippen LogP contribution in [-0.2, 0) is 4.74 Å². The molecule has 13 heavy (non-hydrogen) atoms. The quantitative estimate of drug-likeness (QED) is 0.536. The molecule has 70 valence electrons. The van der Waals surface area contributed by atoms with Crippen LogP contribution in [0.1, 0.15) is 15.9 Å². The van der Waals surface area contributed by atoms with Gasteiger partial charge in [0.25, 0.3) is 0 Å². The molecule has 1 aromatic heterocycles. The highest BCUT2D eigenvalue weighted by Gasteiger charge is 2.09. The number of hydrogen-bond acceptors (Lipinski definition) is 4. The van der Waals surface area contributed by atoms with Crippen LogP contribution in [0.5, 0.6) is 0 Å². The molecule has 1 heterocycles. The van der Waals surface area contributed by atoms with E-state index in [1.807, 2.05) is 19.2 Å². The van der Waals surface area contributed by atoms with Gasteiger partial charge in [0.05, 0.1) is 17.7 Å². The van der Waals surface area contributed by atoms with Gasteiger partial charge in [0, 0.05) is 6.20 Å². The molecule has 0 aromatic carbocycles. The molecule has 0 atom stereocenters. The first-order chi connectivity index (χ1) is 6.19. The largest absolute Gasteiger partial charge is 0.465 e. The van der Waals surface area contributed by atoms with E-state index in [1.54, 1.807) is 18.0 Å². The monoisotopic (exact) mass is 197 g/mol. The van der Waals surface area contributed by atoms with Crippen molar-refractivity contribution in [3.63, 3.8) is 0 Å². The van der Waals surface area contributed by atoms with Gasteiger partial charge in [-0.05, 0) is 24.8 Å². The van der Waals surface area contributed by atoms with Crippen molar-refractivity contribution in [1.82, 2.24) is 4.98 Å². The van der Waals surface area contributed by atoms with Crippen LogP contribution in [0.15, 0.2) is 17.3 Å². The highest BCUT2D eigenvalue weighted by atomic mass is 32.2. The fraction of sp³-hybridized carbons (Fsp3) is 0.333. The molecule has 4 heteroatoms. The standard InChI is InChI=1S/C9H11NO2S/c1-6-4-8(13-3)10-5-7(6)9(11)12-2/h4-5H,1-3H3. The van der Waals surface area contributed by atoms with Gasteiger partial charge in [0.2, 0.25) is 0 Å². The maximum Gasteiger partial charge on any atom is 0.339 e. The van der Waals surface area contributed by atoms with E-state index in [-0.39, 0.29) is 5.97 Å². The van der Waals surface area contributed by atoms with Crippen LogP contribution in [0.25, 0.3) is 0 Å². The van der Waals surface area contributed by atoms with Crippen LogP contribution >= 0.6 is 11.8 Å². The number of aryl methyl sites for hydroxylation is 1. The predicted molar refractivity (Wildman–Crippen MR) is 52.1 cm³/mol. The molecule has 0 radical (unpaired) electrons. The lowest BCUT2D eigenvalue weighted by Crippen LogP contribution is -2.04. The molecule has 0 N–H and O–H groups in total. The average Bonchev–Trinajstić information content (AvgIpc) is 2.16. The maximum absolute atomic E-state index is 11.2. The summed E-state index contributed by atoms with van der Waals surface area (Å²) in [5, 5.41) is 0.908. The molecular formula is C9H11NO2S. The number of thioether (sulfide) groups is 1. The van der Waals surface area contributed by atoms with Crippen molar-refractivity contribution >= 4 is 17.7 Å². The van der Waals surface area contributed by atoms with Crippen LogP contribution in [0.3, 0.4) is 0 Å². The zero-order valence-corrected chi connectivity index (χ0v) is 8.64. The van der Waals surface area contributed by atoms with Crippen LogP contribution in [-0.4, -0.2) is 24.3 Å². The second-order valence-corrected chi connectivity index (χ2v) is 3.36. The van der Waals surface area contributed by atoms with Gasteiger partial charge in [0.15, 0.2) is 0 Å². The summed E-state index contributed by atoms with van der Waals surface area (Å²) in [6, 6.07) is 1.87. The highest BCUT2D eigenvalue weighted by molar-refractivity contribution is 7.98. The first-order valence-corrected chi connectivity index (χ1v) is 5.00. The summed E-state index contributed by atoms with van der Waals surface area (Å²) < 4.78 is 4.60. The number of aromatic nitrogens is 1. The highest BCUT2D eigenvalue weighted by Crippen LogP contribution is 2.15. The van der Waals surface area contributed by atoms with Crippen molar-refractivity contribution in [3.8, 4) is 0 Å². The Morgan fingerprint density at radius 2 is 2.31 bits per heavy atom. The van der Waals surface area contributed by atoms with Gasteiger partial charge in [-0.25, -0.2) is 9.78 Å². The zero-order valence-electron chi connectivity index (χ0n) is 7.83. The first kappa shape index (κ1) is 10.1. The van der Waals surface area contributed by atoms with E-state index in [0.717, 1.165) is 10.6 Å². The number of rotatable bonds is 2. The molecule has 1 rings (SSSR count). The molecule has 0 saturated heterocycles. The Kier molecular flexibility index (Phi) is 3.31. The van der Waals surface area contributed by atoms with Gasteiger partial charge in [0.1, 0.15) is 0 Å². The minimum atomic E-state index is -0.336. The van der Waals surface area contributed by atoms with E-state index in [2.05, 4.69) is 9.72 Å². The van der Waals surface area contributed by atoms with Crippen molar-refractivity contribution in [3.05, 3.63) is 23.4 Å². The van der Waals surface area contributed by atoms with Crippen molar-refractivity contribution in [1.29, 1.82) is 0 Å². The summed E-state index contributed by atoms with van der Waals surface area (Å²) in [5.41, 5.74) is 1.42. The Bertz CT molecular complexity index is 325. The molecule has 0 spiro atoms. The molecule has 3 nitrogen and oxygen atoms in total. The van der Waals surface area contributed by atoms with E-state index >= 15 is 0 Å². The van der Waals surface area contributed by atoms with E-state index in [1.165, 1.54) is 7.11 Å². The van der Waals surface area contributed by atoms with Crippen molar-refractivity contribution < 1.29 is 9.53 Å². The Hall–Kier alpha value is -1.03. The molecule has 0 unspecified atom stereocenters. The molecular weight excluding hydrogens is 186 g/mol. The Morgan fingerprint density at radius 3 is 2.77 bits per heavy atom. The van der Waals surface area contributed by atoms with Crippen molar-refractivity contribution in [2.24, 2.45) is 0 Å². The Morgan fingerprint density at radius 1 is 1.62 bits per heavy atom. The third-order valence-corrected chi connectivity index (χ3v) is 2.34. The van der Waals surface area contributed by atoms with Crippen LogP contribution < -0.4 is 0 Å². The lowest BCUT2D eigenvalue weighted by molar-refractivity contribution is 0.0599. The molecule has 0 aliphatic heterocycles. The van der Waals surface area contributed by atoms with E-state index in [4.69, 9.17) is 0 Å². The fourth-order valence-electron chi connectivity index (χ4n) is 0.965. The SMILES string of the molecule is COC(=O)c1cnc(SC)cc1C. The van der Waals surface area contributed by atoms with Crippen molar-refractivity contribution in [2.45, 2.75) is 11.9 Å². The lowest BCUT2D eigenvalue weighted by Gasteiger charge is -2.03. The van der Waals surface area contributed by atoms with Gasteiger partial charge in [-0.15, -0.1) is 11.8 Å². The minimum absolute atomic E-state index is 0.336. The predicted octanol–water partition coefficient (Wildman–Crippen LogP) is 1.90. The van der Waals surface area contributed by atoms with E-state index in [0.29, 0.717) is 5.56 Å². The van der Waals surface area contributed by atoms with Crippen LogP contribution in [0.2, 0.25) is 0 Å². The number of nitrogens with zero attached hydrogens (tertiary/aromatic N) is 1. The van der Waals surface area contributed by atoms with E-state index < -0.39 is 0 Å². The number of hydrogen-bond donors (Lipinski definition) is 0. The van der Waals surface area contributed by atoms with Gasteiger partial charge >= 0.3 is 5.97 Å². The summed E-state index contributed by atoms with van der Waals surface area (Å²) in [6.45, 7) is 1.87. The number of methoxy groups -OCH3 is 1. The fourth-order valence-corrected chi connectivity index (χ4v) is 1.42. The molecule has 0 bridgehead atoms. The average molecular weight is 197 g/mol. The summed E-state index contributed by atoms with van der Waals surface area (Å²) >= 11 is 1.55. The topological polar surface area (TPSA) is 39.2 Å². The maximum atomic E-state index is 11.2. The van der Waals surface area contributed by atoms with Gasteiger partial charge in [-0.3, -0.25) is 0 Å². The molecule has 1 aromatic rings. The molecule has 0 aliphatic rings. The molecule has 0 saturated carbocycles. The van der Waals surface area contributed by atoms with Gasteiger partial charge in [-0.1, -0.05) is 0 Å². The molecule has 0 fully saturated rings. The lowest BCUT2D eigenvalue weighted by atomic mass is 10.2. The number of carbonyl (C=O) groups is 1. The Labute approximate surface area is 81.5 Å². The summed E-state index contributed by atoms with van der Waals surface area (Å²) in [4.78, 5) is 15.3. The second-order valence-electron chi connectivity index (χ2n) is 2.53. The van der Waals surface area contributed by atoms with Gasteiger partial charge in [-0.2, -0.15) is 0 Å². The second kappa shape index (κ2) is 4.28. The normalized spacial score (nSPS) is 9.77. The van der Waals surface area contributed by atoms with Crippen molar-refractivity contribution in [2.75, 3.05) is 13.4 Å². The third-order valence-electron chi connectivity index (χ3n) is 1.70. The zero-order chi connectivity index (χ0) is 9.84. The van der Waals surface area contributed by atoms with Gasteiger partial charge < -0.3 is 4.74 Å². The number of carbonyl (C=O) groups excluding carboxylic acids is 1. The Balaban J connectivity index is 3.05. The number of pyridine rings is 1.